The number of hydrogen-bond acceptors (Lipinski definition) is 5. The van der Waals surface area contributed by atoms with Gasteiger partial charge in [0.2, 0.25) is 0 Å². The monoisotopic (exact) mass is 409 g/mol. The second-order valence-corrected chi connectivity index (χ2v) is 9.20. The molecular formula is C18H16ClNO4S2. The molecule has 8 heteroatoms. The van der Waals surface area contributed by atoms with Crippen molar-refractivity contribution in [2.75, 3.05) is 6.26 Å². The van der Waals surface area contributed by atoms with E-state index < -0.39 is 15.8 Å². The Balaban J connectivity index is 2.12. The molecule has 0 spiro atoms. The fraction of sp³-hybridized carbons (Fsp3) is 0.167. The number of H-pyrrole nitrogens is 1. The van der Waals surface area contributed by atoms with Crippen LogP contribution in [-0.2, 0) is 26.0 Å². The molecule has 136 valence electrons. The van der Waals surface area contributed by atoms with Gasteiger partial charge in [0, 0.05) is 33.9 Å². The summed E-state index contributed by atoms with van der Waals surface area (Å²) in [6, 6.07) is 12.3. The summed E-state index contributed by atoms with van der Waals surface area (Å²) in [4.78, 5) is 16.3. The van der Waals surface area contributed by atoms with Crippen LogP contribution in [0, 0.1) is 0 Å². The van der Waals surface area contributed by atoms with Gasteiger partial charge in [-0.05, 0) is 24.3 Å². The molecule has 3 aromatic rings. The van der Waals surface area contributed by atoms with Crippen molar-refractivity contribution in [3.63, 3.8) is 0 Å². The zero-order chi connectivity index (χ0) is 18.9. The molecule has 1 aromatic heterocycles. The zero-order valence-corrected chi connectivity index (χ0v) is 16.5. The fourth-order valence-corrected chi connectivity index (χ4v) is 4.42. The molecule has 5 nitrogen and oxygen atoms in total. The Morgan fingerprint density at radius 2 is 1.96 bits per heavy atom. The van der Waals surface area contributed by atoms with Crippen molar-refractivity contribution in [3.05, 3.63) is 53.2 Å². The molecule has 0 bridgehead atoms. The zero-order valence-electron chi connectivity index (χ0n) is 14.1. The maximum Gasteiger partial charge on any atom is 0.303 e. The van der Waals surface area contributed by atoms with Gasteiger partial charge in [-0.25, -0.2) is 8.42 Å². The summed E-state index contributed by atoms with van der Waals surface area (Å²) in [5, 5.41) is 1.45. The van der Waals surface area contributed by atoms with Gasteiger partial charge in [-0.1, -0.05) is 41.6 Å². The molecule has 0 saturated carbocycles. The van der Waals surface area contributed by atoms with Gasteiger partial charge >= 0.3 is 5.97 Å². The second kappa shape index (κ2) is 7.34. The Morgan fingerprint density at radius 3 is 2.62 bits per heavy atom. The lowest BCUT2D eigenvalue weighted by Gasteiger charge is -2.07. The van der Waals surface area contributed by atoms with Crippen LogP contribution in [0.25, 0.3) is 10.9 Å². The highest BCUT2D eigenvalue weighted by Gasteiger charge is 2.17. The van der Waals surface area contributed by atoms with Crippen molar-refractivity contribution in [1.82, 2.24) is 4.98 Å². The smallest absolute Gasteiger partial charge is 0.303 e. The molecule has 0 unspecified atom stereocenters. The second-order valence-electron chi connectivity index (χ2n) is 5.72. The number of halogens is 1. The lowest BCUT2D eigenvalue weighted by Crippen LogP contribution is -1.99. The van der Waals surface area contributed by atoms with Crippen molar-refractivity contribution < 1.29 is 17.9 Å². The minimum atomic E-state index is -3.32. The molecule has 1 N–H and O–H groups in total. The predicted molar refractivity (Wildman–Crippen MR) is 102 cm³/mol. The molecule has 0 radical (unpaired) electrons. The number of ether oxygens (including phenoxy) is 1. The summed E-state index contributed by atoms with van der Waals surface area (Å²) in [6.07, 6.45) is 1.16. The topological polar surface area (TPSA) is 76.2 Å². The number of rotatable bonds is 5. The summed E-state index contributed by atoms with van der Waals surface area (Å²) in [6.45, 7) is 1.40. The third kappa shape index (κ3) is 4.06. The van der Waals surface area contributed by atoms with Crippen LogP contribution in [0.15, 0.2) is 57.2 Å². The Hall–Kier alpha value is -1.96. The van der Waals surface area contributed by atoms with Gasteiger partial charge in [-0.2, -0.15) is 0 Å². The van der Waals surface area contributed by atoms with E-state index in [0.29, 0.717) is 16.2 Å². The van der Waals surface area contributed by atoms with Crippen LogP contribution in [0.5, 0.6) is 0 Å². The molecule has 0 aliphatic rings. The van der Waals surface area contributed by atoms with Crippen molar-refractivity contribution in [3.8, 4) is 0 Å². The summed E-state index contributed by atoms with van der Waals surface area (Å²) in [7, 11) is -3.32. The summed E-state index contributed by atoms with van der Waals surface area (Å²) in [5.41, 5.74) is 1.34. The van der Waals surface area contributed by atoms with Crippen LogP contribution in [0.1, 0.15) is 12.6 Å². The van der Waals surface area contributed by atoms with E-state index in [-0.39, 0.29) is 11.5 Å². The summed E-state index contributed by atoms with van der Waals surface area (Å²) >= 11 is 7.70. The van der Waals surface area contributed by atoms with Gasteiger partial charge in [-0.3, -0.25) is 4.79 Å². The lowest BCUT2D eigenvalue weighted by atomic mass is 10.2. The van der Waals surface area contributed by atoms with E-state index in [2.05, 4.69) is 4.98 Å². The van der Waals surface area contributed by atoms with Crippen LogP contribution >= 0.6 is 23.4 Å². The Labute approximate surface area is 160 Å². The third-order valence-electron chi connectivity index (χ3n) is 3.69. The number of aromatic amines is 1. The van der Waals surface area contributed by atoms with Gasteiger partial charge in [0.05, 0.1) is 15.6 Å². The first-order valence-electron chi connectivity index (χ1n) is 7.66. The highest BCUT2D eigenvalue weighted by atomic mass is 35.5. The summed E-state index contributed by atoms with van der Waals surface area (Å²) in [5.74, 6) is -0.394. The van der Waals surface area contributed by atoms with E-state index >= 15 is 0 Å². The number of fused-ring (bicyclic) bond motifs is 1. The molecule has 0 aliphatic carbocycles. The van der Waals surface area contributed by atoms with E-state index in [1.807, 2.05) is 18.2 Å². The van der Waals surface area contributed by atoms with Gasteiger partial charge < -0.3 is 9.72 Å². The average Bonchev–Trinajstić information content (AvgIpc) is 2.91. The molecule has 0 aliphatic heterocycles. The number of sulfone groups is 1. The minimum Gasteiger partial charge on any atom is -0.459 e. The quantitative estimate of drug-likeness (QED) is 0.630. The number of aromatic nitrogens is 1. The first kappa shape index (κ1) is 18.8. The first-order valence-corrected chi connectivity index (χ1v) is 10.7. The number of nitrogens with one attached hydrogen (secondary N) is 1. The van der Waals surface area contributed by atoms with Crippen LogP contribution < -0.4 is 0 Å². The number of benzene rings is 2. The fourth-order valence-electron chi connectivity index (χ4n) is 2.47. The molecule has 0 fully saturated rings. The highest BCUT2D eigenvalue weighted by molar-refractivity contribution is 7.99. The van der Waals surface area contributed by atoms with Crippen LogP contribution in [0.4, 0.5) is 0 Å². The van der Waals surface area contributed by atoms with Crippen molar-refractivity contribution in [2.24, 2.45) is 0 Å². The van der Waals surface area contributed by atoms with E-state index in [0.717, 1.165) is 21.4 Å². The van der Waals surface area contributed by atoms with E-state index in [1.165, 1.54) is 18.7 Å². The van der Waals surface area contributed by atoms with Gasteiger partial charge in [0.15, 0.2) is 9.84 Å². The van der Waals surface area contributed by atoms with Crippen molar-refractivity contribution in [1.29, 1.82) is 0 Å². The normalized spacial score (nSPS) is 11.7. The standard InChI is InChI=1S/C18H16ClNO4S2/c1-11(21)24-10-16-18(25-17-6-4-3-5-14(17)19)13-8-7-12(26(2,22)23)9-15(13)20-16/h3-9,20H,10H2,1-2H3. The Kier molecular flexibility index (Phi) is 5.32. The maximum atomic E-state index is 11.8. The molecule has 0 amide bonds. The lowest BCUT2D eigenvalue weighted by molar-refractivity contribution is -0.142. The minimum absolute atomic E-state index is 0.0605. The SMILES string of the molecule is CC(=O)OCc1[nH]c2cc(S(C)(=O)=O)ccc2c1Sc1ccccc1Cl. The maximum absolute atomic E-state index is 11.8. The van der Waals surface area contributed by atoms with Crippen LogP contribution in [-0.4, -0.2) is 25.6 Å². The molecule has 0 saturated heterocycles. The molecule has 3 rings (SSSR count). The Morgan fingerprint density at radius 1 is 1.23 bits per heavy atom. The Bertz CT molecular complexity index is 1090. The molecule has 1 heterocycles. The highest BCUT2D eigenvalue weighted by Crippen LogP contribution is 2.40. The molecule has 0 atom stereocenters. The number of hydrogen-bond donors (Lipinski definition) is 1. The van der Waals surface area contributed by atoms with Crippen molar-refractivity contribution in [2.45, 2.75) is 28.2 Å². The molecule has 2 aromatic carbocycles. The van der Waals surface area contributed by atoms with E-state index in [1.54, 1.807) is 24.3 Å². The van der Waals surface area contributed by atoms with Crippen molar-refractivity contribution >= 4 is 50.1 Å². The van der Waals surface area contributed by atoms with E-state index in [4.69, 9.17) is 16.3 Å². The number of carbonyl (C=O) groups is 1. The third-order valence-corrected chi connectivity index (χ3v) is 6.49. The van der Waals surface area contributed by atoms with Crippen LogP contribution in [0.3, 0.4) is 0 Å². The molecular weight excluding hydrogens is 394 g/mol. The van der Waals surface area contributed by atoms with Crippen LogP contribution in [0.2, 0.25) is 5.02 Å². The van der Waals surface area contributed by atoms with E-state index in [9.17, 15) is 13.2 Å². The number of esters is 1. The summed E-state index contributed by atoms with van der Waals surface area (Å²) < 4.78 is 28.8. The van der Waals surface area contributed by atoms with Gasteiger partial charge in [0.1, 0.15) is 6.61 Å². The largest absolute Gasteiger partial charge is 0.459 e. The van der Waals surface area contributed by atoms with Gasteiger partial charge in [0.25, 0.3) is 0 Å². The molecule has 26 heavy (non-hydrogen) atoms. The number of carbonyl (C=O) groups excluding carboxylic acids is 1. The predicted octanol–water partition coefficient (Wildman–Crippen LogP) is 4.44. The van der Waals surface area contributed by atoms with Gasteiger partial charge in [-0.15, -0.1) is 0 Å². The average molecular weight is 410 g/mol. The first-order chi connectivity index (χ1) is 12.3.